The Morgan fingerprint density at radius 3 is 2.61 bits per heavy atom. The lowest BCUT2D eigenvalue weighted by molar-refractivity contribution is 0.100. The normalized spacial score (nSPS) is 16.3. The minimum Gasteiger partial charge on any atom is -0.366 e. The molecule has 1 atom stereocenters. The zero-order chi connectivity index (χ0) is 22.8. The molecule has 31 heavy (non-hydrogen) atoms. The van der Waals surface area contributed by atoms with Gasteiger partial charge in [-0.1, -0.05) is 32.4 Å². The van der Waals surface area contributed by atoms with Crippen molar-refractivity contribution in [2.45, 2.75) is 40.2 Å². The van der Waals surface area contributed by atoms with Gasteiger partial charge >= 0.3 is 0 Å². The number of nitrogens with two attached hydrogens (primary N) is 1. The van der Waals surface area contributed by atoms with Crippen LogP contribution in [0.15, 0.2) is 12.1 Å². The summed E-state index contributed by atoms with van der Waals surface area (Å²) in [5, 5.41) is 10.2. The first-order valence-electron chi connectivity index (χ1n) is 10.3. The number of aryl methyl sites for hydroxylation is 1. The Bertz CT molecular complexity index is 953. The Morgan fingerprint density at radius 1 is 1.29 bits per heavy atom. The predicted octanol–water partition coefficient (Wildman–Crippen LogP) is 2.93. The highest BCUT2D eigenvalue weighted by molar-refractivity contribution is 6.34. The van der Waals surface area contributed by atoms with Crippen LogP contribution in [0.25, 0.3) is 0 Å². The number of nitrogens with one attached hydrogen (secondary N) is 3. The summed E-state index contributed by atoms with van der Waals surface area (Å²) in [6.45, 7) is 11.0. The quantitative estimate of drug-likeness (QED) is 0.512. The zero-order valence-electron chi connectivity index (χ0n) is 18.7. The Kier molecular flexibility index (Phi) is 6.86. The molecule has 1 aliphatic rings. The van der Waals surface area contributed by atoms with Gasteiger partial charge in [0.05, 0.1) is 10.6 Å². The first kappa shape index (κ1) is 23.0. The van der Waals surface area contributed by atoms with Gasteiger partial charge in [0.1, 0.15) is 0 Å². The average Bonchev–Trinajstić information content (AvgIpc) is 3.15. The van der Waals surface area contributed by atoms with Crippen molar-refractivity contribution in [2.24, 2.45) is 11.1 Å². The summed E-state index contributed by atoms with van der Waals surface area (Å²) in [7, 11) is 1.96. The van der Waals surface area contributed by atoms with Gasteiger partial charge in [0.15, 0.2) is 0 Å². The minimum atomic E-state index is -0.592. The van der Waals surface area contributed by atoms with E-state index in [0.717, 1.165) is 31.6 Å². The zero-order valence-corrected chi connectivity index (χ0v) is 19.5. The molecule has 1 aliphatic heterocycles. The number of anilines is 4. The monoisotopic (exact) mass is 446 g/mol. The van der Waals surface area contributed by atoms with Crippen LogP contribution < -0.4 is 26.6 Å². The molecule has 2 heterocycles. The molecule has 1 aromatic heterocycles. The Balaban J connectivity index is 1.95. The van der Waals surface area contributed by atoms with E-state index >= 15 is 0 Å². The second-order valence-corrected chi connectivity index (χ2v) is 9.58. The van der Waals surface area contributed by atoms with E-state index in [-0.39, 0.29) is 17.0 Å². The Labute approximate surface area is 188 Å². The van der Waals surface area contributed by atoms with Crippen LogP contribution in [0.4, 0.5) is 23.5 Å². The Morgan fingerprint density at radius 2 is 2.00 bits per heavy atom. The number of amides is 1. The molecule has 3 rings (SSSR count). The summed E-state index contributed by atoms with van der Waals surface area (Å²) in [6.07, 6.45) is 1.000. The maximum Gasteiger partial charge on any atom is 0.250 e. The molecular weight excluding hydrogens is 416 g/mol. The highest BCUT2D eigenvalue weighted by atomic mass is 35.5. The molecule has 0 saturated carbocycles. The van der Waals surface area contributed by atoms with Crippen LogP contribution in [0, 0.1) is 12.3 Å². The van der Waals surface area contributed by atoms with E-state index in [9.17, 15) is 4.79 Å². The van der Waals surface area contributed by atoms with E-state index in [4.69, 9.17) is 17.3 Å². The molecule has 0 aliphatic carbocycles. The average molecular weight is 447 g/mol. The first-order chi connectivity index (χ1) is 14.5. The summed E-state index contributed by atoms with van der Waals surface area (Å²) < 4.78 is 0. The van der Waals surface area contributed by atoms with Gasteiger partial charge in [-0.25, -0.2) is 0 Å². The molecule has 1 fully saturated rings. The van der Waals surface area contributed by atoms with Crippen molar-refractivity contribution in [3.63, 3.8) is 0 Å². The lowest BCUT2D eigenvalue weighted by atomic mass is 9.96. The van der Waals surface area contributed by atoms with Crippen molar-refractivity contribution in [2.75, 3.05) is 42.2 Å². The highest BCUT2D eigenvalue weighted by Gasteiger charge is 2.20. The van der Waals surface area contributed by atoms with Crippen molar-refractivity contribution in [3.05, 3.63) is 28.3 Å². The third-order valence-electron chi connectivity index (χ3n) is 4.90. The van der Waals surface area contributed by atoms with Crippen molar-refractivity contribution in [3.8, 4) is 0 Å². The second-order valence-electron chi connectivity index (χ2n) is 9.17. The first-order valence-corrected chi connectivity index (χ1v) is 10.7. The standard InChI is InChI=1S/C21H31ClN8O/c1-12-8-15(22)14(17(23)31)9-16(12)26-19-27-18(25-13-6-7-24-10-13)28-20(29-19)30(5)11-21(2,3)4/h8-9,13,24H,6-7,10-11H2,1-5H3,(H2,23,31)(H2,25,26,27,28,29)/t13-/m1/s1. The van der Waals surface area contributed by atoms with Gasteiger partial charge in [-0.15, -0.1) is 0 Å². The molecule has 0 spiro atoms. The van der Waals surface area contributed by atoms with Crippen LogP contribution in [0.3, 0.4) is 0 Å². The molecule has 9 nitrogen and oxygen atoms in total. The van der Waals surface area contributed by atoms with Gasteiger partial charge in [0, 0.05) is 31.9 Å². The number of halogens is 1. The summed E-state index contributed by atoms with van der Waals surface area (Å²) in [5.41, 5.74) is 7.26. The van der Waals surface area contributed by atoms with Crippen LogP contribution in [-0.4, -0.2) is 53.6 Å². The molecule has 0 unspecified atom stereocenters. The maximum absolute atomic E-state index is 11.7. The lowest BCUT2D eigenvalue weighted by Gasteiger charge is -2.27. The molecule has 2 aromatic rings. The van der Waals surface area contributed by atoms with E-state index in [1.54, 1.807) is 12.1 Å². The molecule has 10 heteroatoms. The minimum absolute atomic E-state index is 0.0705. The van der Waals surface area contributed by atoms with Crippen molar-refractivity contribution >= 4 is 41.0 Å². The Hall–Kier alpha value is -2.65. The van der Waals surface area contributed by atoms with Gasteiger partial charge in [-0.2, -0.15) is 15.0 Å². The fourth-order valence-electron chi connectivity index (χ4n) is 3.52. The number of hydrogen-bond acceptors (Lipinski definition) is 8. The van der Waals surface area contributed by atoms with Gasteiger partial charge < -0.3 is 26.6 Å². The van der Waals surface area contributed by atoms with E-state index in [1.807, 2.05) is 18.9 Å². The molecule has 0 bridgehead atoms. The van der Waals surface area contributed by atoms with Crippen LogP contribution in [-0.2, 0) is 0 Å². The van der Waals surface area contributed by atoms with E-state index in [2.05, 4.69) is 51.7 Å². The van der Waals surface area contributed by atoms with E-state index < -0.39 is 5.91 Å². The van der Waals surface area contributed by atoms with Crippen LogP contribution in [0.5, 0.6) is 0 Å². The third-order valence-corrected chi connectivity index (χ3v) is 5.21. The van der Waals surface area contributed by atoms with Crippen molar-refractivity contribution in [1.29, 1.82) is 0 Å². The SMILES string of the molecule is Cc1cc(Cl)c(C(N)=O)cc1Nc1nc(N[C@@H]2CCNC2)nc(N(C)CC(C)(C)C)n1. The van der Waals surface area contributed by atoms with E-state index in [0.29, 0.717) is 28.6 Å². The number of carbonyl (C=O) groups is 1. The fraction of sp³-hybridized carbons (Fsp3) is 0.524. The number of nitrogens with zero attached hydrogens (tertiary/aromatic N) is 4. The summed E-state index contributed by atoms with van der Waals surface area (Å²) in [5.74, 6) is 0.844. The fourth-order valence-corrected chi connectivity index (χ4v) is 3.83. The highest BCUT2D eigenvalue weighted by Crippen LogP contribution is 2.27. The van der Waals surface area contributed by atoms with Crippen LogP contribution in [0.1, 0.15) is 43.1 Å². The molecule has 1 saturated heterocycles. The van der Waals surface area contributed by atoms with Crippen molar-refractivity contribution < 1.29 is 4.79 Å². The number of aromatic nitrogens is 3. The number of benzene rings is 1. The summed E-state index contributed by atoms with van der Waals surface area (Å²) >= 11 is 6.16. The molecule has 168 valence electrons. The van der Waals surface area contributed by atoms with Gasteiger partial charge in [-0.3, -0.25) is 4.79 Å². The number of rotatable bonds is 7. The van der Waals surface area contributed by atoms with Crippen LogP contribution >= 0.6 is 11.6 Å². The summed E-state index contributed by atoms with van der Waals surface area (Å²) in [4.78, 5) is 27.5. The summed E-state index contributed by atoms with van der Waals surface area (Å²) in [6, 6.07) is 3.58. The molecule has 1 amide bonds. The number of carbonyl (C=O) groups excluding carboxylic acids is 1. The van der Waals surface area contributed by atoms with E-state index in [1.165, 1.54) is 0 Å². The van der Waals surface area contributed by atoms with Crippen molar-refractivity contribution in [1.82, 2.24) is 20.3 Å². The van der Waals surface area contributed by atoms with Crippen LogP contribution in [0.2, 0.25) is 5.02 Å². The number of hydrogen-bond donors (Lipinski definition) is 4. The smallest absolute Gasteiger partial charge is 0.250 e. The lowest BCUT2D eigenvalue weighted by Crippen LogP contribution is -2.31. The van der Waals surface area contributed by atoms with Gasteiger partial charge in [0.25, 0.3) is 0 Å². The predicted molar refractivity (Wildman–Crippen MR) is 125 cm³/mol. The number of primary amides is 1. The molecular formula is C21H31ClN8O. The van der Waals surface area contributed by atoms with Gasteiger partial charge in [0.2, 0.25) is 23.8 Å². The third kappa shape index (κ3) is 6.18. The molecule has 1 aromatic carbocycles. The second kappa shape index (κ2) is 9.23. The largest absolute Gasteiger partial charge is 0.366 e. The topological polar surface area (TPSA) is 121 Å². The maximum atomic E-state index is 11.7. The molecule has 5 N–H and O–H groups in total. The molecule has 0 radical (unpaired) electrons. The van der Waals surface area contributed by atoms with Gasteiger partial charge in [-0.05, 0) is 43.0 Å².